The largest absolute Gasteiger partial charge is 0.338 e. The van der Waals surface area contributed by atoms with Gasteiger partial charge in [0.05, 0.1) is 6.54 Å². The molecule has 0 aromatic heterocycles. The summed E-state index contributed by atoms with van der Waals surface area (Å²) in [6, 6.07) is 0.105. The summed E-state index contributed by atoms with van der Waals surface area (Å²) in [5, 5.41) is 4.94. The molecule has 1 aliphatic heterocycles. The maximum absolute atomic E-state index is 11.7. The van der Waals surface area contributed by atoms with Crippen LogP contribution < -0.4 is 16.4 Å². The minimum Gasteiger partial charge on any atom is -0.338 e. The number of urea groups is 1. The quantitative estimate of drug-likeness (QED) is 0.662. The van der Waals surface area contributed by atoms with Gasteiger partial charge in [-0.25, -0.2) is 4.79 Å². The third-order valence-corrected chi connectivity index (χ3v) is 3.19. The van der Waals surface area contributed by atoms with Crippen LogP contribution in [0.25, 0.3) is 0 Å². The predicted octanol–water partition coefficient (Wildman–Crippen LogP) is 0.0338. The van der Waals surface area contributed by atoms with Crippen LogP contribution in [0.2, 0.25) is 0 Å². The Balaban J connectivity index is 2.29. The van der Waals surface area contributed by atoms with Gasteiger partial charge in [-0.2, -0.15) is 0 Å². The number of nitrogens with one attached hydrogen (secondary N) is 2. The summed E-state index contributed by atoms with van der Waals surface area (Å²) in [4.78, 5) is 25.0. The molecule has 0 aromatic carbocycles. The van der Waals surface area contributed by atoms with Crippen molar-refractivity contribution in [3.63, 3.8) is 0 Å². The van der Waals surface area contributed by atoms with Crippen LogP contribution in [0.1, 0.15) is 33.1 Å². The van der Waals surface area contributed by atoms with Gasteiger partial charge in [-0.05, 0) is 26.2 Å². The molecule has 1 aliphatic rings. The molecule has 2 atom stereocenters. The molecule has 0 aromatic rings. The van der Waals surface area contributed by atoms with E-state index in [0.717, 1.165) is 25.8 Å². The van der Waals surface area contributed by atoms with Crippen LogP contribution in [0.3, 0.4) is 0 Å². The Hall–Kier alpha value is -1.14. The summed E-state index contributed by atoms with van der Waals surface area (Å²) < 4.78 is 0. The van der Waals surface area contributed by atoms with Crippen molar-refractivity contribution < 1.29 is 9.59 Å². The van der Waals surface area contributed by atoms with E-state index in [-0.39, 0.29) is 18.5 Å². The first-order chi connectivity index (χ1) is 8.52. The number of imide groups is 1. The number of hydrogen-bond donors (Lipinski definition) is 3. The molecule has 6 heteroatoms. The molecule has 0 radical (unpaired) electrons. The number of amides is 3. The molecule has 4 N–H and O–H groups in total. The average molecular weight is 256 g/mol. The highest BCUT2D eigenvalue weighted by molar-refractivity contribution is 5.95. The van der Waals surface area contributed by atoms with Crippen molar-refractivity contribution in [3.8, 4) is 0 Å². The number of rotatable bonds is 4. The number of hydrogen-bond acceptors (Lipinski definition) is 4. The molecule has 6 nitrogen and oxygen atoms in total. The number of carbonyl (C=O) groups is 2. The summed E-state index contributed by atoms with van der Waals surface area (Å²) in [6.45, 7) is 5.66. The molecule has 1 rings (SSSR count). The van der Waals surface area contributed by atoms with Crippen molar-refractivity contribution in [2.75, 3.05) is 19.6 Å². The maximum Gasteiger partial charge on any atom is 0.321 e. The normalized spacial score (nSPS) is 24.6. The second-order valence-electron chi connectivity index (χ2n) is 4.91. The lowest BCUT2D eigenvalue weighted by Gasteiger charge is -2.35. The lowest BCUT2D eigenvalue weighted by Crippen LogP contribution is -2.51. The number of nitrogens with two attached hydrogens (primary N) is 1. The summed E-state index contributed by atoms with van der Waals surface area (Å²) in [7, 11) is 0. The van der Waals surface area contributed by atoms with Gasteiger partial charge in [0.2, 0.25) is 5.91 Å². The molecule has 1 saturated heterocycles. The molecular weight excluding hydrogens is 232 g/mol. The zero-order valence-corrected chi connectivity index (χ0v) is 11.2. The fraction of sp³-hybridized carbons (Fsp3) is 0.833. The van der Waals surface area contributed by atoms with Crippen LogP contribution in [-0.2, 0) is 4.79 Å². The lowest BCUT2D eigenvalue weighted by atomic mass is 9.99. The van der Waals surface area contributed by atoms with Crippen LogP contribution in [-0.4, -0.2) is 48.6 Å². The van der Waals surface area contributed by atoms with Gasteiger partial charge in [-0.3, -0.25) is 15.0 Å². The molecule has 3 amide bonds. The van der Waals surface area contributed by atoms with E-state index in [2.05, 4.69) is 22.5 Å². The molecule has 18 heavy (non-hydrogen) atoms. The minimum absolute atomic E-state index is 0.229. The van der Waals surface area contributed by atoms with Gasteiger partial charge in [-0.1, -0.05) is 6.92 Å². The van der Waals surface area contributed by atoms with E-state index < -0.39 is 6.03 Å². The predicted molar refractivity (Wildman–Crippen MR) is 70.1 cm³/mol. The monoisotopic (exact) mass is 256 g/mol. The SMILES string of the molecule is CCCNC(=O)NC(=O)CN1CCC(N)CC1C. The van der Waals surface area contributed by atoms with Crippen molar-refractivity contribution in [1.29, 1.82) is 0 Å². The highest BCUT2D eigenvalue weighted by atomic mass is 16.2. The number of carbonyl (C=O) groups excluding carboxylic acids is 2. The highest BCUT2D eigenvalue weighted by Crippen LogP contribution is 2.14. The Morgan fingerprint density at radius 3 is 2.78 bits per heavy atom. The molecule has 0 spiro atoms. The van der Waals surface area contributed by atoms with Gasteiger partial charge >= 0.3 is 6.03 Å². The molecule has 1 heterocycles. The Labute approximate surface area is 108 Å². The first kappa shape index (κ1) is 14.9. The van der Waals surface area contributed by atoms with E-state index >= 15 is 0 Å². The topological polar surface area (TPSA) is 87.5 Å². The maximum atomic E-state index is 11.7. The second kappa shape index (κ2) is 7.33. The smallest absolute Gasteiger partial charge is 0.321 e. The van der Waals surface area contributed by atoms with Gasteiger partial charge < -0.3 is 11.1 Å². The second-order valence-corrected chi connectivity index (χ2v) is 4.91. The third-order valence-electron chi connectivity index (χ3n) is 3.19. The van der Waals surface area contributed by atoms with Crippen LogP contribution >= 0.6 is 0 Å². The zero-order valence-electron chi connectivity index (χ0n) is 11.2. The standard InChI is InChI=1S/C12H24N4O2/c1-3-5-14-12(18)15-11(17)8-16-6-4-10(13)7-9(16)2/h9-10H,3-8,13H2,1-2H3,(H2,14,15,17,18). The molecule has 1 fully saturated rings. The van der Waals surface area contributed by atoms with Crippen LogP contribution in [0.4, 0.5) is 4.79 Å². The molecular formula is C12H24N4O2. The molecule has 104 valence electrons. The summed E-state index contributed by atoms with van der Waals surface area (Å²) in [5.74, 6) is -0.258. The van der Waals surface area contributed by atoms with E-state index in [1.807, 2.05) is 6.92 Å². The van der Waals surface area contributed by atoms with Crippen molar-refractivity contribution in [2.24, 2.45) is 5.73 Å². The number of nitrogens with zero attached hydrogens (tertiary/aromatic N) is 1. The number of piperidine rings is 1. The van der Waals surface area contributed by atoms with Gasteiger partial charge in [0.15, 0.2) is 0 Å². The average Bonchev–Trinajstić information content (AvgIpc) is 2.30. The van der Waals surface area contributed by atoms with Crippen LogP contribution in [0.5, 0.6) is 0 Å². The fourth-order valence-electron chi connectivity index (χ4n) is 2.13. The summed E-state index contributed by atoms with van der Waals surface area (Å²) >= 11 is 0. The van der Waals surface area contributed by atoms with Gasteiger partial charge in [0, 0.05) is 25.2 Å². The van der Waals surface area contributed by atoms with Gasteiger partial charge in [-0.15, -0.1) is 0 Å². The highest BCUT2D eigenvalue weighted by Gasteiger charge is 2.24. The minimum atomic E-state index is -0.414. The van der Waals surface area contributed by atoms with Gasteiger partial charge in [0.1, 0.15) is 0 Å². The lowest BCUT2D eigenvalue weighted by molar-refractivity contribution is -0.122. The van der Waals surface area contributed by atoms with Crippen molar-refractivity contribution in [3.05, 3.63) is 0 Å². The number of likely N-dealkylation sites (tertiary alicyclic amines) is 1. The van der Waals surface area contributed by atoms with Gasteiger partial charge in [0.25, 0.3) is 0 Å². The Morgan fingerprint density at radius 2 is 2.17 bits per heavy atom. The van der Waals surface area contributed by atoms with E-state index in [9.17, 15) is 9.59 Å². The molecule has 0 saturated carbocycles. The van der Waals surface area contributed by atoms with E-state index in [0.29, 0.717) is 12.6 Å². The van der Waals surface area contributed by atoms with Crippen molar-refractivity contribution in [1.82, 2.24) is 15.5 Å². The van der Waals surface area contributed by atoms with Crippen LogP contribution in [0.15, 0.2) is 0 Å². The molecule has 0 aliphatic carbocycles. The van der Waals surface area contributed by atoms with Crippen molar-refractivity contribution >= 4 is 11.9 Å². The molecule has 2 unspecified atom stereocenters. The summed E-state index contributed by atoms with van der Waals surface area (Å²) in [5.41, 5.74) is 5.86. The molecule has 0 bridgehead atoms. The van der Waals surface area contributed by atoms with E-state index in [4.69, 9.17) is 5.73 Å². The Kier molecular flexibility index (Phi) is 6.07. The third kappa shape index (κ3) is 5.01. The Morgan fingerprint density at radius 1 is 1.44 bits per heavy atom. The van der Waals surface area contributed by atoms with E-state index in [1.165, 1.54) is 0 Å². The summed E-state index contributed by atoms with van der Waals surface area (Å²) in [6.07, 6.45) is 2.65. The van der Waals surface area contributed by atoms with Crippen LogP contribution in [0, 0.1) is 0 Å². The zero-order chi connectivity index (χ0) is 13.5. The fourth-order valence-corrected chi connectivity index (χ4v) is 2.13. The first-order valence-corrected chi connectivity index (χ1v) is 6.60. The first-order valence-electron chi connectivity index (χ1n) is 6.60. The van der Waals surface area contributed by atoms with Crippen molar-refractivity contribution in [2.45, 2.75) is 45.2 Å². The van der Waals surface area contributed by atoms with E-state index in [1.54, 1.807) is 0 Å². The Bertz CT molecular complexity index is 296.